The Morgan fingerprint density at radius 1 is 1.60 bits per heavy atom. The Morgan fingerprint density at radius 3 is 2.75 bits per heavy atom. The number of nitrogens with one attached hydrogen (secondary N) is 1. The summed E-state index contributed by atoms with van der Waals surface area (Å²) in [6, 6.07) is 4.04. The number of likely N-dealkylation sites (N-methyl/N-ethyl adjacent to an activating group) is 1. The summed E-state index contributed by atoms with van der Waals surface area (Å²) >= 11 is 5.78. The Hall–Kier alpha value is -1.86. The maximum Gasteiger partial charge on any atom is 0.311 e. The van der Waals surface area contributed by atoms with Crippen molar-refractivity contribution in [3.8, 4) is 5.75 Å². The molecule has 1 amide bonds. The number of nitro benzene ring substituents is 1. The average molecular weight is 302 g/mol. The Labute approximate surface area is 121 Å². The second-order valence-electron chi connectivity index (χ2n) is 4.41. The van der Waals surface area contributed by atoms with Crippen LogP contribution in [0.3, 0.4) is 0 Å². The largest absolute Gasteiger partial charge is 0.487 e. The smallest absolute Gasteiger partial charge is 0.311 e. The highest BCUT2D eigenvalue weighted by molar-refractivity contribution is 6.30. The summed E-state index contributed by atoms with van der Waals surface area (Å²) in [6.07, 6.45) is 0.266. The van der Waals surface area contributed by atoms with E-state index in [9.17, 15) is 14.9 Å². The zero-order valence-corrected chi connectivity index (χ0v) is 11.9. The minimum atomic E-state index is -0.937. The fourth-order valence-electron chi connectivity index (χ4n) is 1.49. The van der Waals surface area contributed by atoms with Crippen LogP contribution in [0.15, 0.2) is 18.2 Å². The summed E-state index contributed by atoms with van der Waals surface area (Å²) in [5.74, 6) is -0.463. The normalized spacial score (nSPS) is 13.6. The number of nitro groups is 1. The van der Waals surface area contributed by atoms with Gasteiger partial charge < -0.3 is 15.8 Å². The van der Waals surface area contributed by atoms with Crippen molar-refractivity contribution < 1.29 is 14.5 Å². The molecule has 0 heterocycles. The number of halogens is 1. The fourth-order valence-corrected chi connectivity index (χ4v) is 1.65. The molecule has 1 aromatic rings. The van der Waals surface area contributed by atoms with Crippen LogP contribution in [0, 0.1) is 10.1 Å². The van der Waals surface area contributed by atoms with Gasteiger partial charge >= 0.3 is 5.69 Å². The molecule has 0 fully saturated rings. The zero-order valence-electron chi connectivity index (χ0n) is 11.2. The minimum absolute atomic E-state index is 0.0606. The van der Waals surface area contributed by atoms with Crippen molar-refractivity contribution in [2.45, 2.75) is 18.9 Å². The topological polar surface area (TPSA) is 107 Å². The molecule has 1 atom stereocenters. The molecule has 110 valence electrons. The molecule has 1 rings (SSSR count). The van der Waals surface area contributed by atoms with E-state index in [0.717, 1.165) is 0 Å². The van der Waals surface area contributed by atoms with Gasteiger partial charge in [-0.3, -0.25) is 14.9 Å². The van der Waals surface area contributed by atoms with Crippen molar-refractivity contribution >= 4 is 23.2 Å². The van der Waals surface area contributed by atoms with Crippen molar-refractivity contribution in [1.82, 2.24) is 5.32 Å². The third-order valence-corrected chi connectivity index (χ3v) is 3.31. The van der Waals surface area contributed by atoms with Crippen LogP contribution in [-0.4, -0.2) is 30.0 Å². The Balaban J connectivity index is 2.78. The third-order valence-electron chi connectivity index (χ3n) is 3.07. The average Bonchev–Trinajstić information content (AvgIpc) is 2.38. The van der Waals surface area contributed by atoms with E-state index >= 15 is 0 Å². The number of benzene rings is 1. The Morgan fingerprint density at radius 2 is 2.25 bits per heavy atom. The van der Waals surface area contributed by atoms with Crippen LogP contribution in [-0.2, 0) is 4.79 Å². The van der Waals surface area contributed by atoms with E-state index in [4.69, 9.17) is 22.1 Å². The number of nitrogens with zero attached hydrogens (tertiary/aromatic N) is 1. The van der Waals surface area contributed by atoms with Crippen molar-refractivity contribution in [2.75, 3.05) is 13.7 Å². The van der Waals surface area contributed by atoms with E-state index in [1.807, 2.05) is 0 Å². The number of carbonyl (C=O) groups is 1. The van der Waals surface area contributed by atoms with Gasteiger partial charge in [-0.15, -0.1) is 0 Å². The molecule has 3 N–H and O–H groups in total. The first kappa shape index (κ1) is 16.2. The molecule has 0 aromatic heterocycles. The van der Waals surface area contributed by atoms with E-state index < -0.39 is 16.4 Å². The number of amides is 1. The fraction of sp³-hybridized carbons (Fsp3) is 0.417. The molecule has 1 aromatic carbocycles. The number of rotatable bonds is 7. The first-order chi connectivity index (χ1) is 9.30. The summed E-state index contributed by atoms with van der Waals surface area (Å²) in [4.78, 5) is 21.6. The maximum atomic E-state index is 11.3. The summed E-state index contributed by atoms with van der Waals surface area (Å²) in [7, 11) is 1.60. The number of ether oxygens (including phenoxy) is 1. The number of carbonyl (C=O) groups excluding carboxylic acids is 1. The molecule has 20 heavy (non-hydrogen) atoms. The van der Waals surface area contributed by atoms with Gasteiger partial charge in [-0.2, -0.15) is 0 Å². The predicted octanol–water partition coefficient (Wildman–Crippen LogP) is 1.48. The molecule has 0 aliphatic carbocycles. The first-order valence-corrected chi connectivity index (χ1v) is 6.23. The molecule has 1 unspecified atom stereocenters. The highest BCUT2D eigenvalue weighted by Crippen LogP contribution is 2.30. The van der Waals surface area contributed by atoms with Crippen LogP contribution >= 0.6 is 11.6 Å². The molecular weight excluding hydrogens is 286 g/mol. The van der Waals surface area contributed by atoms with Crippen LogP contribution in [0.25, 0.3) is 0 Å². The van der Waals surface area contributed by atoms with Crippen molar-refractivity contribution in [3.05, 3.63) is 33.3 Å². The van der Waals surface area contributed by atoms with Crippen LogP contribution in [0.5, 0.6) is 5.75 Å². The van der Waals surface area contributed by atoms with Crippen LogP contribution in [0.2, 0.25) is 5.02 Å². The summed E-state index contributed by atoms with van der Waals surface area (Å²) < 4.78 is 5.35. The predicted molar refractivity (Wildman–Crippen MR) is 74.9 cm³/mol. The standard InChI is InChI=1S/C12H16ClN3O4/c1-12(15-2,11(14)17)5-6-20-10-7-8(13)3-4-9(10)16(18)19/h3-4,7,15H,5-6H2,1-2H3,(H2,14,17). The molecule has 7 nitrogen and oxygen atoms in total. The van der Waals surface area contributed by atoms with Gasteiger partial charge in [-0.1, -0.05) is 11.6 Å². The van der Waals surface area contributed by atoms with Gasteiger partial charge in [0.15, 0.2) is 5.75 Å². The molecule has 0 radical (unpaired) electrons. The quantitative estimate of drug-likeness (QED) is 0.586. The van der Waals surface area contributed by atoms with Crippen molar-refractivity contribution in [2.24, 2.45) is 5.73 Å². The monoisotopic (exact) mass is 301 g/mol. The number of hydrogen-bond donors (Lipinski definition) is 2. The van der Waals surface area contributed by atoms with Crippen LogP contribution < -0.4 is 15.8 Å². The zero-order chi connectivity index (χ0) is 15.3. The summed E-state index contributed by atoms with van der Waals surface area (Å²) in [6.45, 7) is 1.71. The lowest BCUT2D eigenvalue weighted by Crippen LogP contribution is -2.52. The molecule has 0 saturated carbocycles. The lowest BCUT2D eigenvalue weighted by atomic mass is 9.98. The lowest BCUT2D eigenvalue weighted by molar-refractivity contribution is -0.385. The molecular formula is C12H16ClN3O4. The second kappa shape index (κ2) is 6.53. The molecule has 0 spiro atoms. The van der Waals surface area contributed by atoms with Gasteiger partial charge in [-0.25, -0.2) is 0 Å². The van der Waals surface area contributed by atoms with E-state index in [1.165, 1.54) is 18.2 Å². The third kappa shape index (κ3) is 3.82. The summed E-state index contributed by atoms with van der Waals surface area (Å²) in [5.41, 5.74) is 4.16. The van der Waals surface area contributed by atoms with Gasteiger partial charge in [0.25, 0.3) is 0 Å². The molecule has 0 saturated heterocycles. The Bertz CT molecular complexity index is 523. The highest BCUT2D eigenvalue weighted by atomic mass is 35.5. The van der Waals surface area contributed by atoms with Gasteiger partial charge in [0, 0.05) is 23.6 Å². The first-order valence-electron chi connectivity index (χ1n) is 5.85. The highest BCUT2D eigenvalue weighted by Gasteiger charge is 2.29. The molecule has 0 aliphatic heterocycles. The van der Waals surface area contributed by atoms with Crippen LogP contribution in [0.1, 0.15) is 13.3 Å². The molecule has 8 heteroatoms. The van der Waals surface area contributed by atoms with E-state index in [-0.39, 0.29) is 24.5 Å². The van der Waals surface area contributed by atoms with Gasteiger partial charge in [0.05, 0.1) is 17.1 Å². The lowest BCUT2D eigenvalue weighted by Gasteiger charge is -2.25. The maximum absolute atomic E-state index is 11.3. The van der Waals surface area contributed by atoms with E-state index in [2.05, 4.69) is 5.32 Å². The molecule has 0 bridgehead atoms. The van der Waals surface area contributed by atoms with E-state index in [1.54, 1.807) is 14.0 Å². The van der Waals surface area contributed by atoms with Gasteiger partial charge in [-0.05, 0) is 20.0 Å². The van der Waals surface area contributed by atoms with Gasteiger partial charge in [0.2, 0.25) is 5.91 Å². The SMILES string of the molecule is CNC(C)(CCOc1cc(Cl)ccc1[N+](=O)[O-])C(N)=O. The number of nitrogens with two attached hydrogens (primary N) is 1. The van der Waals surface area contributed by atoms with Crippen LogP contribution in [0.4, 0.5) is 5.69 Å². The Kier molecular flexibility index (Phi) is 5.29. The van der Waals surface area contributed by atoms with Gasteiger partial charge in [0.1, 0.15) is 0 Å². The second-order valence-corrected chi connectivity index (χ2v) is 4.85. The van der Waals surface area contributed by atoms with Crippen molar-refractivity contribution in [1.29, 1.82) is 0 Å². The molecule has 0 aliphatic rings. The van der Waals surface area contributed by atoms with E-state index in [0.29, 0.717) is 5.02 Å². The number of hydrogen-bond acceptors (Lipinski definition) is 5. The minimum Gasteiger partial charge on any atom is -0.487 e. The summed E-state index contributed by atoms with van der Waals surface area (Å²) in [5, 5.41) is 14.0. The van der Waals surface area contributed by atoms with Crippen molar-refractivity contribution in [3.63, 3.8) is 0 Å². The number of primary amides is 1.